The smallest absolute Gasteiger partial charge is 0.387 e. The standard InChI is InChI=1S/C23H17ClF4N2O3/c24-19-14(25)8-16-13(9-23(10-29,33-16)11-4-2-1-3-5-11)17(19)18-12(21(30)31)6-7-15(20(18)26)32-22(27)28/h1-8,22H,9-10,29H2,(H2,30,31)/t23-/m1/s1. The normalized spacial score (nSPS) is 17.1. The Hall–Kier alpha value is -3.30. The van der Waals surface area contributed by atoms with E-state index in [0.717, 1.165) is 18.2 Å². The van der Waals surface area contributed by atoms with E-state index in [2.05, 4.69) is 4.74 Å². The molecule has 0 fully saturated rings. The van der Waals surface area contributed by atoms with Crippen LogP contribution < -0.4 is 20.9 Å². The number of ether oxygens (including phenoxy) is 2. The Balaban J connectivity index is 1.99. The number of hydrogen-bond donors (Lipinski definition) is 2. The van der Waals surface area contributed by atoms with E-state index in [1.807, 2.05) is 0 Å². The molecule has 4 rings (SSSR count). The highest BCUT2D eigenvalue weighted by molar-refractivity contribution is 6.34. The number of carbonyl (C=O) groups is 1. The fourth-order valence-electron chi connectivity index (χ4n) is 4.03. The number of amides is 1. The van der Waals surface area contributed by atoms with Gasteiger partial charge in [-0.05, 0) is 17.7 Å². The lowest BCUT2D eigenvalue weighted by Gasteiger charge is -2.27. The van der Waals surface area contributed by atoms with Gasteiger partial charge in [0.15, 0.2) is 17.2 Å². The van der Waals surface area contributed by atoms with Gasteiger partial charge in [-0.3, -0.25) is 4.79 Å². The number of carbonyl (C=O) groups excluding carboxylic acids is 1. The Labute approximate surface area is 190 Å². The van der Waals surface area contributed by atoms with Gasteiger partial charge in [0.1, 0.15) is 11.6 Å². The van der Waals surface area contributed by atoms with E-state index in [1.165, 1.54) is 0 Å². The first-order chi connectivity index (χ1) is 15.7. The number of alkyl halides is 2. The van der Waals surface area contributed by atoms with Gasteiger partial charge in [0, 0.05) is 35.7 Å². The van der Waals surface area contributed by atoms with Crippen LogP contribution in [0.5, 0.6) is 11.5 Å². The van der Waals surface area contributed by atoms with E-state index < -0.39 is 51.7 Å². The zero-order chi connectivity index (χ0) is 23.9. The summed E-state index contributed by atoms with van der Waals surface area (Å²) in [6.07, 6.45) is 0.0375. The lowest BCUT2D eigenvalue weighted by molar-refractivity contribution is -0.0521. The first-order valence-corrected chi connectivity index (χ1v) is 10.1. The first-order valence-electron chi connectivity index (χ1n) is 9.71. The molecule has 4 N–H and O–H groups in total. The number of halogens is 5. The molecule has 3 aromatic rings. The molecule has 3 aromatic carbocycles. The predicted molar refractivity (Wildman–Crippen MR) is 113 cm³/mol. The fraction of sp³-hybridized carbons (Fsp3) is 0.174. The van der Waals surface area contributed by atoms with Crippen LogP contribution in [0.4, 0.5) is 17.6 Å². The lowest BCUT2D eigenvalue weighted by Crippen LogP contribution is -2.39. The van der Waals surface area contributed by atoms with E-state index in [9.17, 15) is 18.0 Å². The molecule has 0 aliphatic carbocycles. The van der Waals surface area contributed by atoms with E-state index in [-0.39, 0.29) is 29.8 Å². The molecule has 33 heavy (non-hydrogen) atoms. The topological polar surface area (TPSA) is 87.6 Å². The largest absolute Gasteiger partial charge is 0.480 e. The summed E-state index contributed by atoms with van der Waals surface area (Å²) in [4.78, 5) is 12.1. The number of primary amides is 1. The molecule has 0 saturated carbocycles. The van der Waals surface area contributed by atoms with Crippen molar-refractivity contribution in [2.24, 2.45) is 11.5 Å². The van der Waals surface area contributed by atoms with Crippen LogP contribution in [-0.2, 0) is 12.0 Å². The Morgan fingerprint density at radius 3 is 2.45 bits per heavy atom. The van der Waals surface area contributed by atoms with Crippen molar-refractivity contribution in [3.05, 3.63) is 81.9 Å². The number of benzene rings is 3. The van der Waals surface area contributed by atoms with Crippen LogP contribution in [0.15, 0.2) is 48.5 Å². The summed E-state index contributed by atoms with van der Waals surface area (Å²) in [5, 5.41) is -0.533. The quantitative estimate of drug-likeness (QED) is 0.497. The molecule has 1 heterocycles. The van der Waals surface area contributed by atoms with Crippen LogP contribution in [0.25, 0.3) is 11.1 Å². The van der Waals surface area contributed by atoms with Crippen molar-refractivity contribution in [3.8, 4) is 22.6 Å². The molecule has 5 nitrogen and oxygen atoms in total. The van der Waals surface area contributed by atoms with Crippen LogP contribution in [0.3, 0.4) is 0 Å². The summed E-state index contributed by atoms with van der Waals surface area (Å²) in [6.45, 7) is -3.36. The Morgan fingerprint density at radius 1 is 1.15 bits per heavy atom. The molecule has 0 spiro atoms. The molecule has 0 unspecified atom stereocenters. The van der Waals surface area contributed by atoms with Gasteiger partial charge in [-0.1, -0.05) is 41.9 Å². The van der Waals surface area contributed by atoms with E-state index in [1.54, 1.807) is 30.3 Å². The Bertz CT molecular complexity index is 1240. The first kappa shape index (κ1) is 22.9. The molecular formula is C23H17ClF4N2O3. The van der Waals surface area contributed by atoms with Gasteiger partial charge >= 0.3 is 6.61 Å². The molecule has 0 radical (unpaired) electrons. The summed E-state index contributed by atoms with van der Waals surface area (Å²) >= 11 is 6.23. The molecule has 0 saturated heterocycles. The van der Waals surface area contributed by atoms with Gasteiger partial charge in [-0.25, -0.2) is 8.78 Å². The maximum absolute atomic E-state index is 15.4. The van der Waals surface area contributed by atoms with Crippen molar-refractivity contribution in [1.29, 1.82) is 0 Å². The maximum Gasteiger partial charge on any atom is 0.387 e. The second-order valence-corrected chi connectivity index (χ2v) is 7.79. The second-order valence-electron chi connectivity index (χ2n) is 7.41. The van der Waals surface area contributed by atoms with Crippen molar-refractivity contribution in [1.82, 2.24) is 0 Å². The molecule has 1 amide bonds. The third-order valence-corrected chi connectivity index (χ3v) is 5.89. The number of nitrogens with two attached hydrogens (primary N) is 2. The molecule has 10 heteroatoms. The highest BCUT2D eigenvalue weighted by Gasteiger charge is 2.43. The predicted octanol–water partition coefficient (Wildman–Crippen LogP) is 4.77. The zero-order valence-electron chi connectivity index (χ0n) is 16.9. The minimum absolute atomic E-state index is 0.0237. The molecular weight excluding hydrogens is 464 g/mol. The number of hydrogen-bond acceptors (Lipinski definition) is 4. The minimum atomic E-state index is -3.34. The minimum Gasteiger partial charge on any atom is -0.480 e. The Kier molecular flexibility index (Phi) is 5.94. The number of rotatable bonds is 6. The zero-order valence-corrected chi connectivity index (χ0v) is 17.6. The van der Waals surface area contributed by atoms with Crippen molar-refractivity contribution >= 4 is 17.5 Å². The van der Waals surface area contributed by atoms with E-state index >= 15 is 4.39 Å². The summed E-state index contributed by atoms with van der Waals surface area (Å²) < 4.78 is 66.1. The van der Waals surface area contributed by atoms with Gasteiger partial charge in [-0.2, -0.15) is 8.78 Å². The van der Waals surface area contributed by atoms with Crippen molar-refractivity contribution in [3.63, 3.8) is 0 Å². The third-order valence-electron chi connectivity index (χ3n) is 5.52. The van der Waals surface area contributed by atoms with Crippen molar-refractivity contribution < 1.29 is 31.8 Å². The average Bonchev–Trinajstić information content (AvgIpc) is 3.16. The van der Waals surface area contributed by atoms with Crippen LogP contribution in [-0.4, -0.2) is 19.1 Å². The van der Waals surface area contributed by atoms with Crippen molar-refractivity contribution in [2.75, 3.05) is 6.54 Å². The Morgan fingerprint density at radius 2 is 1.85 bits per heavy atom. The maximum atomic E-state index is 15.4. The summed E-state index contributed by atoms with van der Waals surface area (Å²) in [7, 11) is 0. The SMILES string of the molecule is NC[C@@]1(c2ccccc2)Cc2c(cc(F)c(Cl)c2-c2c(C(N)=O)ccc(OC(F)F)c2F)O1. The molecule has 0 bridgehead atoms. The van der Waals surface area contributed by atoms with Gasteiger partial charge in [0.05, 0.1) is 10.6 Å². The fourth-order valence-corrected chi connectivity index (χ4v) is 4.29. The van der Waals surface area contributed by atoms with Gasteiger partial charge in [-0.15, -0.1) is 0 Å². The summed E-state index contributed by atoms with van der Waals surface area (Å²) in [5.41, 5.74) is 10.0. The lowest BCUT2D eigenvalue weighted by atomic mass is 9.85. The summed E-state index contributed by atoms with van der Waals surface area (Å²) in [5.74, 6) is -4.22. The molecule has 172 valence electrons. The summed E-state index contributed by atoms with van der Waals surface area (Å²) in [6, 6.07) is 11.7. The van der Waals surface area contributed by atoms with Gasteiger partial charge in [0.25, 0.3) is 0 Å². The monoisotopic (exact) mass is 480 g/mol. The van der Waals surface area contributed by atoms with Crippen molar-refractivity contribution in [2.45, 2.75) is 18.6 Å². The second kappa shape index (κ2) is 8.57. The third kappa shape index (κ3) is 3.87. The van der Waals surface area contributed by atoms with Crippen LogP contribution >= 0.6 is 11.6 Å². The average molecular weight is 481 g/mol. The van der Waals surface area contributed by atoms with Gasteiger partial charge in [0.2, 0.25) is 5.91 Å². The highest BCUT2D eigenvalue weighted by Crippen LogP contribution is 2.50. The van der Waals surface area contributed by atoms with Crippen LogP contribution in [0.2, 0.25) is 5.02 Å². The van der Waals surface area contributed by atoms with Gasteiger partial charge < -0.3 is 20.9 Å². The molecule has 0 aromatic heterocycles. The number of fused-ring (bicyclic) bond motifs is 1. The molecule has 1 atom stereocenters. The highest BCUT2D eigenvalue weighted by atomic mass is 35.5. The van der Waals surface area contributed by atoms with Crippen LogP contribution in [0.1, 0.15) is 21.5 Å². The van der Waals surface area contributed by atoms with Crippen LogP contribution in [0, 0.1) is 11.6 Å². The molecule has 1 aliphatic rings. The molecule has 1 aliphatic heterocycles. The van der Waals surface area contributed by atoms with E-state index in [4.69, 9.17) is 27.8 Å². The van der Waals surface area contributed by atoms with E-state index in [0.29, 0.717) is 5.56 Å².